The Hall–Kier alpha value is -2.58. The smallest absolute Gasteiger partial charge is 0.407 e. The number of amides is 1. The molecular formula is C20H25F3N4O2. The number of fused-ring (bicyclic) bond motifs is 1. The molecule has 0 aliphatic carbocycles. The van der Waals surface area contributed by atoms with Crippen LogP contribution in [-0.2, 0) is 24.2 Å². The average Bonchev–Trinajstić information content (AvgIpc) is 3.01. The van der Waals surface area contributed by atoms with Crippen LogP contribution in [0.5, 0.6) is 0 Å². The highest BCUT2D eigenvalue weighted by molar-refractivity contribution is 5.67. The van der Waals surface area contributed by atoms with Crippen molar-refractivity contribution in [2.24, 2.45) is 5.92 Å². The molecule has 9 heteroatoms. The summed E-state index contributed by atoms with van der Waals surface area (Å²) in [5.74, 6) is 0.649. The molecule has 0 saturated heterocycles. The van der Waals surface area contributed by atoms with E-state index in [0.29, 0.717) is 31.2 Å². The van der Waals surface area contributed by atoms with Gasteiger partial charge in [0.25, 0.3) is 0 Å². The number of alkyl halides is 3. The molecule has 29 heavy (non-hydrogen) atoms. The first kappa shape index (κ1) is 21.1. The van der Waals surface area contributed by atoms with Crippen LogP contribution in [0.1, 0.15) is 45.0 Å². The van der Waals surface area contributed by atoms with Crippen molar-refractivity contribution in [3.63, 3.8) is 0 Å². The molecule has 1 amide bonds. The largest absolute Gasteiger partial charge is 0.444 e. The van der Waals surface area contributed by atoms with E-state index in [2.05, 4.69) is 15.4 Å². The lowest BCUT2D eigenvalue weighted by molar-refractivity contribution is -0.145. The highest BCUT2D eigenvalue weighted by Crippen LogP contribution is 2.32. The quantitative estimate of drug-likeness (QED) is 0.807. The number of rotatable bonds is 4. The van der Waals surface area contributed by atoms with Gasteiger partial charge >= 0.3 is 12.3 Å². The fourth-order valence-electron chi connectivity index (χ4n) is 3.25. The van der Waals surface area contributed by atoms with Gasteiger partial charge in [0.2, 0.25) is 0 Å². The van der Waals surface area contributed by atoms with E-state index in [1.165, 1.54) is 0 Å². The number of nitrogens with one attached hydrogen (secondary N) is 1. The molecule has 158 valence electrons. The molecule has 1 aliphatic heterocycles. The van der Waals surface area contributed by atoms with Gasteiger partial charge in [-0.2, -0.15) is 18.3 Å². The summed E-state index contributed by atoms with van der Waals surface area (Å²) in [6.07, 6.45) is -4.69. The second kappa shape index (κ2) is 8.04. The second-order valence-electron chi connectivity index (χ2n) is 8.31. The molecule has 0 spiro atoms. The third-order valence-corrected chi connectivity index (χ3v) is 4.54. The number of nitrogens with zero attached hydrogens (tertiary/aromatic N) is 3. The van der Waals surface area contributed by atoms with Crippen LogP contribution in [0.15, 0.2) is 24.3 Å². The zero-order valence-corrected chi connectivity index (χ0v) is 16.7. The van der Waals surface area contributed by atoms with Gasteiger partial charge < -0.3 is 10.1 Å². The fraction of sp³-hybridized carbons (Fsp3) is 0.550. The first-order valence-electron chi connectivity index (χ1n) is 9.55. The van der Waals surface area contributed by atoms with Gasteiger partial charge in [-0.1, -0.05) is 24.3 Å². The summed E-state index contributed by atoms with van der Waals surface area (Å²) in [6, 6.07) is 7.36. The molecular weight excluding hydrogens is 385 g/mol. The summed E-state index contributed by atoms with van der Waals surface area (Å²) in [5, 5.41) is 7.12. The molecule has 1 aliphatic rings. The van der Waals surface area contributed by atoms with Crippen molar-refractivity contribution >= 4 is 6.09 Å². The van der Waals surface area contributed by atoms with E-state index >= 15 is 0 Å². The highest BCUT2D eigenvalue weighted by atomic mass is 19.4. The van der Waals surface area contributed by atoms with Crippen LogP contribution in [0.4, 0.5) is 18.0 Å². The number of hydrogen-bond donors (Lipinski definition) is 1. The molecule has 0 saturated carbocycles. The maximum Gasteiger partial charge on any atom is 0.407 e. The van der Waals surface area contributed by atoms with Crippen LogP contribution in [0.25, 0.3) is 11.4 Å². The molecule has 0 fully saturated rings. The first-order chi connectivity index (χ1) is 13.5. The van der Waals surface area contributed by atoms with Gasteiger partial charge in [0.15, 0.2) is 5.82 Å². The number of carbonyl (C=O) groups is 1. The third-order valence-electron chi connectivity index (χ3n) is 4.54. The highest BCUT2D eigenvalue weighted by Gasteiger charge is 2.34. The van der Waals surface area contributed by atoms with E-state index in [9.17, 15) is 18.0 Å². The molecule has 2 aromatic rings. The Bertz CT molecular complexity index is 854. The molecule has 3 rings (SSSR count). The minimum Gasteiger partial charge on any atom is -0.444 e. The number of halogens is 3. The zero-order chi connectivity index (χ0) is 21.2. The number of benzene rings is 1. The lowest BCUT2D eigenvalue weighted by atomic mass is 9.94. The van der Waals surface area contributed by atoms with Crippen LogP contribution in [0.3, 0.4) is 0 Å². The molecule has 1 atom stereocenters. The minimum absolute atomic E-state index is 0.282. The summed E-state index contributed by atoms with van der Waals surface area (Å²) >= 11 is 0. The van der Waals surface area contributed by atoms with Gasteiger partial charge in [0.05, 0.1) is 0 Å². The van der Waals surface area contributed by atoms with Crippen molar-refractivity contribution in [1.82, 2.24) is 20.1 Å². The molecule has 1 aromatic heterocycles. The van der Waals surface area contributed by atoms with Gasteiger partial charge in [-0.25, -0.2) is 14.5 Å². The van der Waals surface area contributed by atoms with E-state index < -0.39 is 30.2 Å². The average molecular weight is 410 g/mol. The number of aromatic nitrogens is 3. The van der Waals surface area contributed by atoms with Crippen molar-refractivity contribution in [2.45, 2.75) is 64.9 Å². The molecule has 1 unspecified atom stereocenters. The number of aryl methyl sites for hydroxylation is 1. The minimum atomic E-state index is -4.15. The second-order valence-corrected chi connectivity index (χ2v) is 8.31. The first-order valence-corrected chi connectivity index (χ1v) is 9.55. The van der Waals surface area contributed by atoms with E-state index in [1.54, 1.807) is 25.5 Å². The Kier molecular flexibility index (Phi) is 5.86. The standard InChI is InChI=1S/C20H25F3N4O2/c1-19(2,3)29-18(28)24-12-13-4-6-15(7-5-13)17-25-16-10-14(11-20(21,22)23)8-9-27(16)26-17/h4-7,14H,8-12H2,1-3H3,(H,24,28). The predicted molar refractivity (Wildman–Crippen MR) is 101 cm³/mol. The van der Waals surface area contributed by atoms with E-state index in [0.717, 1.165) is 11.1 Å². The monoisotopic (exact) mass is 410 g/mol. The molecule has 0 radical (unpaired) electrons. The number of alkyl carbamates (subject to hydrolysis) is 1. The number of ether oxygens (including phenoxy) is 1. The Morgan fingerprint density at radius 2 is 1.93 bits per heavy atom. The molecule has 2 heterocycles. The van der Waals surface area contributed by atoms with Crippen LogP contribution in [0.2, 0.25) is 0 Å². The molecule has 0 bridgehead atoms. The zero-order valence-electron chi connectivity index (χ0n) is 16.7. The van der Waals surface area contributed by atoms with E-state index in [4.69, 9.17) is 4.74 Å². The Balaban J connectivity index is 1.61. The van der Waals surface area contributed by atoms with Crippen molar-refractivity contribution in [3.05, 3.63) is 35.7 Å². The third kappa shape index (κ3) is 6.20. The SMILES string of the molecule is CC(C)(C)OC(=O)NCc1ccc(-c2nc3n(n2)CCC(CC(F)(F)F)C3)cc1. The number of hydrogen-bond acceptors (Lipinski definition) is 4. The van der Waals surface area contributed by atoms with Crippen molar-refractivity contribution in [1.29, 1.82) is 0 Å². The summed E-state index contributed by atoms with van der Waals surface area (Å²) in [7, 11) is 0. The van der Waals surface area contributed by atoms with Crippen LogP contribution >= 0.6 is 0 Å². The van der Waals surface area contributed by atoms with Gasteiger partial charge in [0, 0.05) is 31.5 Å². The summed E-state index contributed by atoms with van der Waals surface area (Å²) in [4.78, 5) is 16.2. The van der Waals surface area contributed by atoms with E-state index in [1.807, 2.05) is 24.3 Å². The lowest BCUT2D eigenvalue weighted by Gasteiger charge is -2.22. The summed E-state index contributed by atoms with van der Waals surface area (Å²) < 4.78 is 44.8. The van der Waals surface area contributed by atoms with Crippen LogP contribution in [0, 0.1) is 5.92 Å². The summed E-state index contributed by atoms with van der Waals surface area (Å²) in [6.45, 7) is 6.15. The number of carbonyl (C=O) groups excluding carboxylic acids is 1. The van der Waals surface area contributed by atoms with Gasteiger partial charge in [-0.3, -0.25) is 0 Å². The van der Waals surface area contributed by atoms with Gasteiger partial charge in [-0.05, 0) is 38.7 Å². The van der Waals surface area contributed by atoms with Crippen LogP contribution in [-0.4, -0.2) is 32.6 Å². The van der Waals surface area contributed by atoms with Crippen molar-refractivity contribution < 1.29 is 22.7 Å². The fourth-order valence-corrected chi connectivity index (χ4v) is 3.25. The normalized spacial score (nSPS) is 17.0. The Labute approximate surface area is 167 Å². The maximum atomic E-state index is 12.6. The van der Waals surface area contributed by atoms with Gasteiger partial charge in [-0.15, -0.1) is 0 Å². The Morgan fingerprint density at radius 1 is 1.24 bits per heavy atom. The Morgan fingerprint density at radius 3 is 2.55 bits per heavy atom. The maximum absolute atomic E-state index is 12.6. The summed E-state index contributed by atoms with van der Waals surface area (Å²) in [5.41, 5.74) is 1.10. The van der Waals surface area contributed by atoms with Crippen LogP contribution < -0.4 is 5.32 Å². The van der Waals surface area contributed by atoms with Gasteiger partial charge in [0.1, 0.15) is 11.4 Å². The molecule has 1 N–H and O–H groups in total. The molecule has 6 nitrogen and oxygen atoms in total. The van der Waals surface area contributed by atoms with Crippen molar-refractivity contribution in [3.8, 4) is 11.4 Å². The van der Waals surface area contributed by atoms with Crippen molar-refractivity contribution in [2.75, 3.05) is 0 Å². The predicted octanol–water partition coefficient (Wildman–Crippen LogP) is 4.48. The lowest BCUT2D eigenvalue weighted by Crippen LogP contribution is -2.32. The molecule has 1 aromatic carbocycles. The van der Waals surface area contributed by atoms with E-state index in [-0.39, 0.29) is 6.42 Å². The topological polar surface area (TPSA) is 69.0 Å².